The van der Waals surface area contributed by atoms with Crippen LogP contribution >= 0.6 is 0 Å². The Morgan fingerprint density at radius 2 is 1.58 bits per heavy atom. The molecule has 0 bridgehead atoms. The number of nitrogens with two attached hydrogens (primary N) is 2. The van der Waals surface area contributed by atoms with Gasteiger partial charge in [-0.25, -0.2) is 4.79 Å². The van der Waals surface area contributed by atoms with Gasteiger partial charge in [0.25, 0.3) is 0 Å². The lowest BCUT2D eigenvalue weighted by atomic mass is 10.1. The highest BCUT2D eigenvalue weighted by molar-refractivity contribution is 5.68. The molecular formula is C21H29N3O2. The molecule has 0 saturated heterocycles. The van der Waals surface area contributed by atoms with Gasteiger partial charge in [-0.2, -0.15) is 0 Å². The van der Waals surface area contributed by atoms with Gasteiger partial charge in [-0.15, -0.1) is 0 Å². The number of ether oxygens (including phenoxy) is 1. The quantitative estimate of drug-likeness (QED) is 0.760. The van der Waals surface area contributed by atoms with Gasteiger partial charge in [0.1, 0.15) is 5.60 Å². The molecule has 0 aliphatic carbocycles. The number of benzene rings is 2. The minimum atomic E-state index is -0.529. The summed E-state index contributed by atoms with van der Waals surface area (Å²) in [6.45, 7) is 6.68. The van der Waals surface area contributed by atoms with E-state index in [2.05, 4.69) is 0 Å². The van der Waals surface area contributed by atoms with Crippen molar-refractivity contribution in [3.05, 3.63) is 59.7 Å². The van der Waals surface area contributed by atoms with Crippen LogP contribution < -0.4 is 11.5 Å². The normalized spacial score (nSPS) is 11.2. The van der Waals surface area contributed by atoms with Crippen molar-refractivity contribution in [2.75, 3.05) is 18.0 Å². The molecule has 2 aromatic rings. The highest BCUT2D eigenvalue weighted by Gasteiger charge is 2.22. The monoisotopic (exact) mass is 355 g/mol. The standard InChI is InChI=1S/C21H29N3O2/c1-21(2,3)26-20(25)24(15-17-8-5-11-19(23)14-17)12-6-9-16-7-4-10-18(22)13-16/h4-5,7-8,10-11,13-14H,6,9,12,15,22-23H2,1-3H3. The van der Waals surface area contributed by atoms with Crippen LogP contribution in [0.1, 0.15) is 38.3 Å². The van der Waals surface area contributed by atoms with Crippen molar-refractivity contribution in [2.24, 2.45) is 0 Å². The largest absolute Gasteiger partial charge is 0.444 e. The third-order valence-electron chi connectivity index (χ3n) is 3.82. The number of amides is 1. The van der Waals surface area contributed by atoms with E-state index in [1.54, 1.807) is 4.90 Å². The smallest absolute Gasteiger partial charge is 0.410 e. The van der Waals surface area contributed by atoms with Crippen LogP contribution in [0.25, 0.3) is 0 Å². The van der Waals surface area contributed by atoms with Crippen LogP contribution in [0.4, 0.5) is 16.2 Å². The number of hydrogen-bond acceptors (Lipinski definition) is 4. The lowest BCUT2D eigenvalue weighted by molar-refractivity contribution is 0.0231. The van der Waals surface area contributed by atoms with Crippen molar-refractivity contribution < 1.29 is 9.53 Å². The topological polar surface area (TPSA) is 81.6 Å². The first-order valence-electron chi connectivity index (χ1n) is 8.90. The Balaban J connectivity index is 2.03. The number of rotatable bonds is 6. The van der Waals surface area contributed by atoms with E-state index in [1.807, 2.05) is 69.3 Å². The van der Waals surface area contributed by atoms with Crippen LogP contribution in [0.5, 0.6) is 0 Å². The van der Waals surface area contributed by atoms with Crippen molar-refractivity contribution in [3.63, 3.8) is 0 Å². The van der Waals surface area contributed by atoms with Gasteiger partial charge in [-0.1, -0.05) is 24.3 Å². The SMILES string of the molecule is CC(C)(C)OC(=O)N(CCCc1cccc(N)c1)Cc1cccc(N)c1. The molecule has 1 amide bonds. The lowest BCUT2D eigenvalue weighted by Gasteiger charge is -2.27. The maximum atomic E-state index is 12.6. The fourth-order valence-corrected chi connectivity index (χ4v) is 2.70. The average Bonchev–Trinajstić information content (AvgIpc) is 2.52. The van der Waals surface area contributed by atoms with Gasteiger partial charge in [-0.05, 0) is 69.0 Å². The summed E-state index contributed by atoms with van der Waals surface area (Å²) in [5, 5.41) is 0. The molecule has 0 heterocycles. The maximum Gasteiger partial charge on any atom is 0.410 e. The maximum absolute atomic E-state index is 12.6. The summed E-state index contributed by atoms with van der Waals surface area (Å²) in [6, 6.07) is 15.4. The molecular weight excluding hydrogens is 326 g/mol. The van der Waals surface area contributed by atoms with E-state index in [0.717, 1.165) is 29.7 Å². The van der Waals surface area contributed by atoms with E-state index in [4.69, 9.17) is 16.2 Å². The molecule has 0 aromatic heterocycles. The molecule has 140 valence electrons. The first kappa shape index (κ1) is 19.6. The minimum Gasteiger partial charge on any atom is -0.444 e. The van der Waals surface area contributed by atoms with Gasteiger partial charge >= 0.3 is 6.09 Å². The first-order chi connectivity index (χ1) is 12.2. The van der Waals surface area contributed by atoms with Gasteiger partial charge in [0.15, 0.2) is 0 Å². The molecule has 2 aromatic carbocycles. The van der Waals surface area contributed by atoms with E-state index in [9.17, 15) is 4.79 Å². The number of hydrogen-bond donors (Lipinski definition) is 2. The predicted octanol–water partition coefficient (Wildman–Crippen LogP) is 4.22. The zero-order valence-electron chi connectivity index (χ0n) is 15.9. The molecule has 0 spiro atoms. The Labute approximate surface area is 155 Å². The summed E-state index contributed by atoms with van der Waals surface area (Å²) in [6.07, 6.45) is 1.36. The van der Waals surface area contributed by atoms with Crippen LogP contribution in [-0.2, 0) is 17.7 Å². The fourth-order valence-electron chi connectivity index (χ4n) is 2.70. The fraction of sp³-hybridized carbons (Fsp3) is 0.381. The first-order valence-corrected chi connectivity index (χ1v) is 8.90. The molecule has 0 aliphatic rings. The van der Waals surface area contributed by atoms with Gasteiger partial charge < -0.3 is 21.1 Å². The second-order valence-corrected chi connectivity index (χ2v) is 7.50. The Kier molecular flexibility index (Phi) is 6.50. The van der Waals surface area contributed by atoms with Crippen molar-refractivity contribution in [2.45, 2.75) is 45.8 Å². The number of carbonyl (C=O) groups is 1. The summed E-state index contributed by atoms with van der Waals surface area (Å²) >= 11 is 0. The number of carbonyl (C=O) groups excluding carboxylic acids is 1. The predicted molar refractivity (Wildman–Crippen MR) is 107 cm³/mol. The third kappa shape index (κ3) is 6.67. The number of aryl methyl sites for hydroxylation is 1. The van der Waals surface area contributed by atoms with Gasteiger partial charge in [0.05, 0.1) is 0 Å². The molecule has 0 saturated carbocycles. The van der Waals surface area contributed by atoms with E-state index in [0.29, 0.717) is 18.8 Å². The number of nitrogen functional groups attached to an aromatic ring is 2. The lowest BCUT2D eigenvalue weighted by Crippen LogP contribution is -2.37. The van der Waals surface area contributed by atoms with Crippen LogP contribution in [-0.4, -0.2) is 23.1 Å². The number of anilines is 2. The molecule has 0 aliphatic heterocycles. The minimum absolute atomic E-state index is 0.312. The van der Waals surface area contributed by atoms with E-state index >= 15 is 0 Å². The summed E-state index contributed by atoms with van der Waals surface area (Å²) in [5.41, 5.74) is 14.7. The highest BCUT2D eigenvalue weighted by atomic mass is 16.6. The second kappa shape index (κ2) is 8.61. The molecule has 5 nitrogen and oxygen atoms in total. The zero-order valence-corrected chi connectivity index (χ0v) is 15.9. The molecule has 2 rings (SSSR count). The molecule has 5 heteroatoms. The molecule has 4 N–H and O–H groups in total. The molecule has 0 radical (unpaired) electrons. The van der Waals surface area contributed by atoms with Crippen molar-refractivity contribution in [3.8, 4) is 0 Å². The van der Waals surface area contributed by atoms with E-state index < -0.39 is 5.60 Å². The highest BCUT2D eigenvalue weighted by Crippen LogP contribution is 2.16. The summed E-state index contributed by atoms with van der Waals surface area (Å²) in [4.78, 5) is 14.3. The average molecular weight is 355 g/mol. The molecule has 0 unspecified atom stereocenters. The Bertz CT molecular complexity index is 738. The summed E-state index contributed by atoms with van der Waals surface area (Å²) < 4.78 is 5.56. The second-order valence-electron chi connectivity index (χ2n) is 7.50. The molecule has 0 atom stereocenters. The zero-order chi connectivity index (χ0) is 19.2. The van der Waals surface area contributed by atoms with Crippen molar-refractivity contribution in [1.29, 1.82) is 0 Å². The van der Waals surface area contributed by atoms with Crippen molar-refractivity contribution in [1.82, 2.24) is 4.90 Å². The van der Waals surface area contributed by atoms with Crippen LogP contribution in [0.2, 0.25) is 0 Å². The Morgan fingerprint density at radius 3 is 2.15 bits per heavy atom. The van der Waals surface area contributed by atoms with E-state index in [-0.39, 0.29) is 6.09 Å². The van der Waals surface area contributed by atoms with E-state index in [1.165, 1.54) is 0 Å². The van der Waals surface area contributed by atoms with Gasteiger partial charge in [-0.3, -0.25) is 0 Å². The van der Waals surface area contributed by atoms with Crippen molar-refractivity contribution >= 4 is 17.5 Å². The number of nitrogens with zero attached hydrogens (tertiary/aromatic N) is 1. The van der Waals surface area contributed by atoms with Crippen LogP contribution in [0, 0.1) is 0 Å². The van der Waals surface area contributed by atoms with Crippen LogP contribution in [0.15, 0.2) is 48.5 Å². The summed E-state index contributed by atoms with van der Waals surface area (Å²) in [7, 11) is 0. The van der Waals surface area contributed by atoms with Gasteiger partial charge in [0.2, 0.25) is 0 Å². The summed E-state index contributed by atoms with van der Waals surface area (Å²) in [5.74, 6) is 0. The Hall–Kier alpha value is -2.69. The van der Waals surface area contributed by atoms with Gasteiger partial charge in [0, 0.05) is 24.5 Å². The Morgan fingerprint density at radius 1 is 1.00 bits per heavy atom. The van der Waals surface area contributed by atoms with Crippen LogP contribution in [0.3, 0.4) is 0 Å². The molecule has 26 heavy (non-hydrogen) atoms. The third-order valence-corrected chi connectivity index (χ3v) is 3.82. The molecule has 0 fully saturated rings.